The van der Waals surface area contributed by atoms with E-state index in [4.69, 9.17) is 0 Å². The molecule has 0 aliphatic rings. The highest BCUT2D eigenvalue weighted by molar-refractivity contribution is 7.92. The van der Waals surface area contributed by atoms with Crippen molar-refractivity contribution in [2.45, 2.75) is 12.8 Å². The van der Waals surface area contributed by atoms with Gasteiger partial charge in [0.2, 0.25) is 10.0 Å². The second-order valence-electron chi connectivity index (χ2n) is 3.60. The van der Waals surface area contributed by atoms with E-state index in [2.05, 4.69) is 0 Å². The van der Waals surface area contributed by atoms with Crippen LogP contribution in [0.2, 0.25) is 0 Å². The summed E-state index contributed by atoms with van der Waals surface area (Å²) >= 11 is 0. The Morgan fingerprint density at radius 1 is 1.25 bits per heavy atom. The molecule has 0 aliphatic carbocycles. The van der Waals surface area contributed by atoms with Gasteiger partial charge in [0, 0.05) is 13.5 Å². The van der Waals surface area contributed by atoms with Gasteiger partial charge in [-0.2, -0.15) is 0 Å². The van der Waals surface area contributed by atoms with E-state index < -0.39 is 10.0 Å². The molecule has 0 spiro atoms. The number of benzene rings is 1. The van der Waals surface area contributed by atoms with E-state index in [0.717, 1.165) is 18.1 Å². The van der Waals surface area contributed by atoms with E-state index in [1.807, 2.05) is 12.1 Å². The summed E-state index contributed by atoms with van der Waals surface area (Å²) in [6.45, 7) is 0. The first-order chi connectivity index (χ1) is 7.45. The zero-order valence-electron chi connectivity index (χ0n) is 9.38. The molecule has 1 rings (SSSR count). The zero-order valence-corrected chi connectivity index (χ0v) is 10.2. The molecule has 1 aromatic rings. The first kappa shape index (κ1) is 12.7. The minimum absolute atomic E-state index is 0.487. The molecule has 0 heterocycles. The van der Waals surface area contributed by atoms with Crippen molar-refractivity contribution in [2.75, 3.05) is 17.6 Å². The topological polar surface area (TPSA) is 54.5 Å². The van der Waals surface area contributed by atoms with Crippen molar-refractivity contribution in [3.8, 4) is 0 Å². The summed E-state index contributed by atoms with van der Waals surface area (Å²) in [6, 6.07) is 7.14. The van der Waals surface area contributed by atoms with Crippen LogP contribution < -0.4 is 4.31 Å². The molecule has 0 bridgehead atoms. The third-order valence-corrected chi connectivity index (χ3v) is 3.55. The molecule has 0 atom stereocenters. The maximum atomic E-state index is 11.3. The van der Waals surface area contributed by atoms with Gasteiger partial charge in [0.15, 0.2) is 0 Å². The van der Waals surface area contributed by atoms with Crippen molar-refractivity contribution >= 4 is 22.0 Å². The lowest BCUT2D eigenvalue weighted by Gasteiger charge is -2.16. The first-order valence-corrected chi connectivity index (χ1v) is 6.76. The number of aldehydes is 1. The summed E-state index contributed by atoms with van der Waals surface area (Å²) < 4.78 is 23.8. The van der Waals surface area contributed by atoms with Crippen LogP contribution >= 0.6 is 0 Å². The molecule has 0 saturated heterocycles. The van der Waals surface area contributed by atoms with E-state index >= 15 is 0 Å². The number of carbonyl (C=O) groups is 1. The molecule has 1 aromatic carbocycles. The van der Waals surface area contributed by atoms with Crippen LogP contribution in [0.15, 0.2) is 24.3 Å². The third-order valence-electron chi connectivity index (χ3n) is 2.35. The highest BCUT2D eigenvalue weighted by Gasteiger charge is 2.10. The Balaban J connectivity index is 2.82. The Morgan fingerprint density at radius 3 is 2.25 bits per heavy atom. The van der Waals surface area contributed by atoms with E-state index in [9.17, 15) is 13.2 Å². The van der Waals surface area contributed by atoms with Gasteiger partial charge < -0.3 is 4.79 Å². The van der Waals surface area contributed by atoms with Gasteiger partial charge in [-0.3, -0.25) is 4.31 Å². The summed E-state index contributed by atoms with van der Waals surface area (Å²) in [5.41, 5.74) is 1.65. The summed E-state index contributed by atoms with van der Waals surface area (Å²) in [4.78, 5) is 10.2. The van der Waals surface area contributed by atoms with Gasteiger partial charge >= 0.3 is 0 Å². The summed E-state index contributed by atoms with van der Waals surface area (Å²) in [7, 11) is -1.70. The third kappa shape index (κ3) is 3.34. The van der Waals surface area contributed by atoms with Gasteiger partial charge in [-0.15, -0.1) is 0 Å². The number of carbonyl (C=O) groups excluding carboxylic acids is 1. The Labute approximate surface area is 95.9 Å². The molecule has 0 fully saturated rings. The number of aryl methyl sites for hydroxylation is 1. The highest BCUT2D eigenvalue weighted by atomic mass is 32.2. The van der Waals surface area contributed by atoms with Gasteiger partial charge in [-0.05, 0) is 24.1 Å². The Morgan fingerprint density at radius 2 is 1.81 bits per heavy atom. The number of hydrogen-bond acceptors (Lipinski definition) is 3. The molecule has 88 valence electrons. The van der Waals surface area contributed by atoms with E-state index in [1.165, 1.54) is 11.4 Å². The molecule has 0 saturated carbocycles. The molecule has 0 aliphatic heterocycles. The second-order valence-corrected chi connectivity index (χ2v) is 5.62. The molecule has 0 N–H and O–H groups in total. The molecule has 5 heteroatoms. The van der Waals surface area contributed by atoms with Crippen molar-refractivity contribution in [3.05, 3.63) is 29.8 Å². The van der Waals surface area contributed by atoms with Crippen molar-refractivity contribution in [1.29, 1.82) is 0 Å². The molecular weight excluding hydrogens is 226 g/mol. The van der Waals surface area contributed by atoms with Gasteiger partial charge in [0.05, 0.1) is 11.9 Å². The minimum Gasteiger partial charge on any atom is -0.303 e. The fraction of sp³-hybridized carbons (Fsp3) is 0.364. The first-order valence-electron chi connectivity index (χ1n) is 4.91. The maximum Gasteiger partial charge on any atom is 0.231 e. The molecule has 0 radical (unpaired) electrons. The standard InChI is InChI=1S/C11H15NO3S/c1-12(16(2,14)15)11-7-5-10(6-8-11)4-3-9-13/h5-9H,3-4H2,1-2H3. The van der Waals surface area contributed by atoms with Crippen LogP contribution in [0, 0.1) is 0 Å². The Bertz CT molecular complexity index is 451. The number of hydrogen-bond donors (Lipinski definition) is 0. The number of anilines is 1. The Kier molecular flexibility index (Phi) is 4.06. The van der Waals surface area contributed by atoms with Crippen LogP contribution in [-0.4, -0.2) is 28.0 Å². The lowest BCUT2D eigenvalue weighted by atomic mass is 10.1. The molecule has 4 nitrogen and oxygen atoms in total. The average molecular weight is 241 g/mol. The molecule has 0 unspecified atom stereocenters. The molecule has 16 heavy (non-hydrogen) atoms. The predicted molar refractivity (Wildman–Crippen MR) is 64.1 cm³/mol. The monoisotopic (exact) mass is 241 g/mol. The quantitative estimate of drug-likeness (QED) is 0.728. The lowest BCUT2D eigenvalue weighted by molar-refractivity contribution is -0.107. The minimum atomic E-state index is -3.21. The van der Waals surface area contributed by atoms with E-state index in [-0.39, 0.29) is 0 Å². The van der Waals surface area contributed by atoms with Crippen molar-refractivity contribution < 1.29 is 13.2 Å². The molecule has 0 aromatic heterocycles. The molecule has 0 amide bonds. The predicted octanol–water partition coefficient (Wildman–Crippen LogP) is 1.21. The number of rotatable bonds is 5. The summed E-state index contributed by atoms with van der Waals surface area (Å²) in [5.74, 6) is 0. The van der Waals surface area contributed by atoms with Gasteiger partial charge in [0.25, 0.3) is 0 Å². The number of sulfonamides is 1. The van der Waals surface area contributed by atoms with Crippen LogP contribution in [0.25, 0.3) is 0 Å². The van der Waals surface area contributed by atoms with Crippen LogP contribution in [-0.2, 0) is 21.2 Å². The average Bonchev–Trinajstić information content (AvgIpc) is 2.25. The molecular formula is C11H15NO3S. The van der Waals surface area contributed by atoms with Gasteiger partial charge in [-0.1, -0.05) is 12.1 Å². The van der Waals surface area contributed by atoms with Crippen LogP contribution in [0.5, 0.6) is 0 Å². The fourth-order valence-corrected chi connectivity index (χ4v) is 1.79. The van der Waals surface area contributed by atoms with Crippen LogP contribution in [0.3, 0.4) is 0 Å². The fourth-order valence-electron chi connectivity index (χ4n) is 1.29. The lowest BCUT2D eigenvalue weighted by Crippen LogP contribution is -2.24. The highest BCUT2D eigenvalue weighted by Crippen LogP contribution is 2.16. The normalized spacial score (nSPS) is 11.1. The number of nitrogens with zero attached hydrogens (tertiary/aromatic N) is 1. The maximum absolute atomic E-state index is 11.3. The zero-order chi connectivity index (χ0) is 12.2. The van der Waals surface area contributed by atoms with Crippen molar-refractivity contribution in [1.82, 2.24) is 0 Å². The van der Waals surface area contributed by atoms with Crippen molar-refractivity contribution in [3.63, 3.8) is 0 Å². The van der Waals surface area contributed by atoms with Gasteiger partial charge in [-0.25, -0.2) is 8.42 Å². The second kappa shape index (κ2) is 5.12. The SMILES string of the molecule is CN(c1ccc(CCC=O)cc1)S(C)(=O)=O. The van der Waals surface area contributed by atoms with Crippen LogP contribution in [0.4, 0.5) is 5.69 Å². The Hall–Kier alpha value is -1.36. The van der Waals surface area contributed by atoms with Crippen LogP contribution in [0.1, 0.15) is 12.0 Å². The van der Waals surface area contributed by atoms with E-state index in [1.54, 1.807) is 12.1 Å². The summed E-state index contributed by atoms with van der Waals surface area (Å²) in [5, 5.41) is 0. The van der Waals surface area contributed by atoms with Crippen molar-refractivity contribution in [2.24, 2.45) is 0 Å². The summed E-state index contributed by atoms with van der Waals surface area (Å²) in [6.07, 6.45) is 3.21. The smallest absolute Gasteiger partial charge is 0.231 e. The van der Waals surface area contributed by atoms with E-state index in [0.29, 0.717) is 18.5 Å². The largest absolute Gasteiger partial charge is 0.303 e. The van der Waals surface area contributed by atoms with Gasteiger partial charge in [0.1, 0.15) is 6.29 Å².